The molecule has 0 amide bonds. The normalized spacial score (nSPS) is 11.0. The fraction of sp³-hybridized carbons (Fsp3) is 0.143. The molecule has 0 bridgehead atoms. The van der Waals surface area contributed by atoms with Crippen molar-refractivity contribution in [1.82, 2.24) is 4.98 Å². The number of thiazole rings is 1. The topological polar surface area (TPSA) is 49.9 Å². The number of H-pyrrole nitrogens is 1. The van der Waals surface area contributed by atoms with Gasteiger partial charge in [-0.15, -0.1) is 0 Å². The van der Waals surface area contributed by atoms with E-state index in [0.717, 1.165) is 28.2 Å². The third-order valence-electron chi connectivity index (χ3n) is 2.44. The molecule has 0 aliphatic carbocycles. The molecule has 19 heavy (non-hydrogen) atoms. The van der Waals surface area contributed by atoms with Crippen molar-refractivity contribution >= 4 is 34.3 Å². The zero-order valence-electron chi connectivity index (χ0n) is 10.4. The largest absolute Gasteiger partial charge is 0.312 e. The van der Waals surface area contributed by atoms with Gasteiger partial charge >= 0.3 is 4.87 Å². The highest BCUT2D eigenvalue weighted by Crippen LogP contribution is 2.18. The lowest BCUT2D eigenvalue weighted by atomic mass is 10.1. The van der Waals surface area contributed by atoms with Gasteiger partial charge in [0.15, 0.2) is 5.12 Å². The minimum atomic E-state index is -0.0415. The second-order valence-corrected chi connectivity index (χ2v) is 5.93. The van der Waals surface area contributed by atoms with Crippen molar-refractivity contribution in [3.05, 3.63) is 51.0 Å². The van der Waals surface area contributed by atoms with Crippen LogP contribution in [-0.4, -0.2) is 15.9 Å². The lowest BCUT2D eigenvalue weighted by Gasteiger charge is -1.98. The van der Waals surface area contributed by atoms with Crippen LogP contribution in [0, 0.1) is 0 Å². The van der Waals surface area contributed by atoms with E-state index in [9.17, 15) is 9.59 Å². The number of hydrogen-bond donors (Lipinski definition) is 1. The highest BCUT2D eigenvalue weighted by molar-refractivity contribution is 8.13. The molecule has 0 atom stereocenters. The first-order chi connectivity index (χ1) is 9.15. The second kappa shape index (κ2) is 6.54. The minimum Gasteiger partial charge on any atom is -0.312 e. The van der Waals surface area contributed by atoms with Gasteiger partial charge in [0.2, 0.25) is 0 Å². The van der Waals surface area contributed by atoms with E-state index in [4.69, 9.17) is 0 Å². The Bertz CT molecular complexity index is 638. The van der Waals surface area contributed by atoms with E-state index in [-0.39, 0.29) is 9.99 Å². The molecule has 1 N–H and O–H groups in total. The van der Waals surface area contributed by atoms with Crippen molar-refractivity contribution < 1.29 is 4.79 Å². The Balaban J connectivity index is 2.02. The lowest BCUT2D eigenvalue weighted by Crippen LogP contribution is -1.92. The van der Waals surface area contributed by atoms with Crippen LogP contribution in [0.5, 0.6) is 0 Å². The summed E-state index contributed by atoms with van der Waals surface area (Å²) in [6.45, 7) is 1.56. The van der Waals surface area contributed by atoms with Gasteiger partial charge in [-0.2, -0.15) is 0 Å². The SMILES string of the molecule is CC(=O)SCC=Cc1ccc(-c2csc(=O)[nH]2)cc1. The molecule has 0 radical (unpaired) electrons. The molecule has 5 heteroatoms. The molecule has 98 valence electrons. The standard InChI is InChI=1S/C14H13NO2S2/c1-10(16)18-8-2-3-11-4-6-12(7-5-11)13-9-19-14(17)15-13/h2-7,9H,8H2,1H3,(H,15,17). The van der Waals surface area contributed by atoms with E-state index in [0.29, 0.717) is 5.75 Å². The smallest absolute Gasteiger partial charge is 0.304 e. The molecule has 0 spiro atoms. The number of carbonyl (C=O) groups excluding carboxylic acids is 1. The average Bonchev–Trinajstić information content (AvgIpc) is 2.82. The Labute approximate surface area is 119 Å². The van der Waals surface area contributed by atoms with Gasteiger partial charge in [0, 0.05) is 18.1 Å². The molecule has 1 aromatic carbocycles. The molecule has 0 saturated carbocycles. The molecule has 0 aliphatic heterocycles. The predicted octanol–water partition coefficient (Wildman–Crippen LogP) is 3.40. The maximum Gasteiger partial charge on any atom is 0.304 e. The van der Waals surface area contributed by atoms with Crippen LogP contribution in [0.3, 0.4) is 0 Å². The summed E-state index contributed by atoms with van der Waals surface area (Å²) in [7, 11) is 0. The average molecular weight is 291 g/mol. The zero-order valence-corrected chi connectivity index (χ0v) is 12.0. The molecule has 0 aliphatic rings. The van der Waals surface area contributed by atoms with E-state index in [1.165, 1.54) is 11.8 Å². The zero-order chi connectivity index (χ0) is 13.7. The van der Waals surface area contributed by atoms with Gasteiger partial charge in [-0.3, -0.25) is 9.59 Å². The summed E-state index contributed by atoms with van der Waals surface area (Å²) in [4.78, 5) is 24.6. The summed E-state index contributed by atoms with van der Waals surface area (Å²) in [6.07, 6.45) is 3.95. The van der Waals surface area contributed by atoms with Crippen LogP contribution >= 0.6 is 23.1 Å². The monoisotopic (exact) mass is 291 g/mol. The van der Waals surface area contributed by atoms with E-state index < -0.39 is 0 Å². The fourth-order valence-corrected chi connectivity index (χ4v) is 2.56. The third-order valence-corrected chi connectivity index (χ3v) is 3.87. The van der Waals surface area contributed by atoms with Crippen molar-refractivity contribution in [3.63, 3.8) is 0 Å². The Morgan fingerprint density at radius 2 is 2.11 bits per heavy atom. The first-order valence-electron chi connectivity index (χ1n) is 5.73. The molecule has 2 rings (SSSR count). The van der Waals surface area contributed by atoms with Crippen LogP contribution < -0.4 is 4.87 Å². The molecular weight excluding hydrogens is 278 g/mol. The highest BCUT2D eigenvalue weighted by atomic mass is 32.2. The number of aromatic amines is 1. The van der Waals surface area contributed by atoms with Crippen LogP contribution in [0.4, 0.5) is 0 Å². The van der Waals surface area contributed by atoms with E-state index in [2.05, 4.69) is 4.98 Å². The van der Waals surface area contributed by atoms with E-state index in [1.54, 1.807) is 6.92 Å². The van der Waals surface area contributed by atoms with Gasteiger partial charge in [-0.05, 0) is 11.1 Å². The summed E-state index contributed by atoms with van der Waals surface area (Å²) < 4.78 is 0. The molecule has 1 aromatic heterocycles. The van der Waals surface area contributed by atoms with E-state index in [1.807, 2.05) is 41.8 Å². The summed E-state index contributed by atoms with van der Waals surface area (Å²) in [5.41, 5.74) is 2.91. The maximum atomic E-state index is 11.1. The van der Waals surface area contributed by atoms with Crippen molar-refractivity contribution in [1.29, 1.82) is 0 Å². The number of carbonyl (C=O) groups is 1. The molecule has 0 saturated heterocycles. The van der Waals surface area contributed by atoms with Gasteiger partial charge in [0.1, 0.15) is 0 Å². The van der Waals surface area contributed by atoms with Gasteiger partial charge in [-0.1, -0.05) is 59.5 Å². The van der Waals surface area contributed by atoms with Crippen LogP contribution in [0.25, 0.3) is 17.3 Å². The molecular formula is C14H13NO2S2. The Morgan fingerprint density at radius 1 is 1.37 bits per heavy atom. The summed E-state index contributed by atoms with van der Waals surface area (Å²) >= 11 is 2.45. The maximum absolute atomic E-state index is 11.1. The number of nitrogens with one attached hydrogen (secondary N) is 1. The Morgan fingerprint density at radius 3 is 2.68 bits per heavy atom. The minimum absolute atomic E-state index is 0.0415. The van der Waals surface area contributed by atoms with E-state index >= 15 is 0 Å². The summed E-state index contributed by atoms with van der Waals surface area (Å²) in [5.74, 6) is 0.689. The number of rotatable bonds is 4. The molecule has 2 aromatic rings. The van der Waals surface area contributed by atoms with Crippen molar-refractivity contribution in [2.45, 2.75) is 6.92 Å². The van der Waals surface area contributed by atoms with Gasteiger partial charge in [0.25, 0.3) is 0 Å². The van der Waals surface area contributed by atoms with Gasteiger partial charge in [0.05, 0.1) is 5.69 Å². The number of thioether (sulfide) groups is 1. The Hall–Kier alpha value is -1.59. The molecule has 1 heterocycles. The van der Waals surface area contributed by atoms with Crippen LogP contribution in [0.1, 0.15) is 12.5 Å². The van der Waals surface area contributed by atoms with Crippen LogP contribution in [-0.2, 0) is 4.79 Å². The van der Waals surface area contributed by atoms with Crippen LogP contribution in [0.15, 0.2) is 40.5 Å². The van der Waals surface area contributed by atoms with Crippen molar-refractivity contribution in [3.8, 4) is 11.3 Å². The summed E-state index contributed by atoms with van der Waals surface area (Å²) in [6, 6.07) is 7.91. The molecule has 0 fully saturated rings. The second-order valence-electron chi connectivity index (χ2n) is 3.89. The number of hydrogen-bond acceptors (Lipinski definition) is 4. The number of aromatic nitrogens is 1. The number of benzene rings is 1. The third kappa shape index (κ3) is 4.22. The highest BCUT2D eigenvalue weighted by Gasteiger charge is 1.99. The first-order valence-corrected chi connectivity index (χ1v) is 7.60. The molecule has 3 nitrogen and oxygen atoms in total. The lowest BCUT2D eigenvalue weighted by molar-refractivity contribution is -0.109. The van der Waals surface area contributed by atoms with Crippen LogP contribution in [0.2, 0.25) is 0 Å². The molecule has 0 unspecified atom stereocenters. The van der Waals surface area contributed by atoms with Gasteiger partial charge < -0.3 is 4.98 Å². The van der Waals surface area contributed by atoms with Gasteiger partial charge in [-0.25, -0.2) is 0 Å². The first kappa shape index (κ1) is 13.8. The quantitative estimate of drug-likeness (QED) is 0.939. The Kier molecular flexibility index (Phi) is 4.76. The fourth-order valence-electron chi connectivity index (χ4n) is 1.54. The summed E-state index contributed by atoms with van der Waals surface area (Å²) in [5, 5.41) is 1.94. The van der Waals surface area contributed by atoms with Crippen molar-refractivity contribution in [2.24, 2.45) is 0 Å². The van der Waals surface area contributed by atoms with Crippen molar-refractivity contribution in [2.75, 3.05) is 5.75 Å². The predicted molar refractivity (Wildman–Crippen MR) is 82.5 cm³/mol.